The Labute approximate surface area is 225 Å². The highest BCUT2D eigenvalue weighted by atomic mass is 16.5. The second kappa shape index (κ2) is 9.36. The van der Waals surface area contributed by atoms with E-state index in [4.69, 9.17) is 4.74 Å². The molecular weight excluding hydrogens is 468 g/mol. The van der Waals surface area contributed by atoms with E-state index in [0.717, 1.165) is 62.1 Å². The largest absolute Gasteiger partial charge is 0.489 e. The van der Waals surface area contributed by atoms with Crippen molar-refractivity contribution < 1.29 is 9.84 Å². The van der Waals surface area contributed by atoms with E-state index < -0.39 is 0 Å². The lowest BCUT2D eigenvalue weighted by molar-refractivity contribution is 0.157. The molecule has 0 amide bonds. The summed E-state index contributed by atoms with van der Waals surface area (Å²) in [5.74, 6) is 1.01. The Balaban J connectivity index is 1.31. The van der Waals surface area contributed by atoms with Gasteiger partial charge in [0.1, 0.15) is 12.4 Å². The molecule has 5 aliphatic rings. The second-order valence-corrected chi connectivity index (χ2v) is 11.5. The van der Waals surface area contributed by atoms with Crippen molar-refractivity contribution in [2.45, 2.75) is 64.6 Å². The zero-order chi connectivity index (χ0) is 25.7. The summed E-state index contributed by atoms with van der Waals surface area (Å²) in [5.41, 5.74) is 15.3. The lowest BCUT2D eigenvalue weighted by Crippen LogP contribution is -2.49. The molecule has 4 nitrogen and oxygen atoms in total. The number of hydrogen-bond donors (Lipinski definition) is 2. The lowest BCUT2D eigenvalue weighted by atomic mass is 9.65. The van der Waals surface area contributed by atoms with Crippen LogP contribution in [0.4, 0.5) is 0 Å². The first-order valence-corrected chi connectivity index (χ1v) is 14.2. The fourth-order valence-electron chi connectivity index (χ4n) is 7.20. The highest BCUT2D eigenvalue weighted by molar-refractivity contribution is 5.66. The third kappa shape index (κ3) is 3.85. The molecule has 38 heavy (non-hydrogen) atoms. The van der Waals surface area contributed by atoms with Gasteiger partial charge in [-0.25, -0.2) is 0 Å². The van der Waals surface area contributed by atoms with Gasteiger partial charge >= 0.3 is 0 Å². The molecule has 0 saturated heterocycles. The summed E-state index contributed by atoms with van der Waals surface area (Å²) in [4.78, 5) is 0. The van der Waals surface area contributed by atoms with Gasteiger partial charge in [0.2, 0.25) is 0 Å². The van der Waals surface area contributed by atoms with Crippen LogP contribution in [0.1, 0.15) is 56.6 Å². The fourth-order valence-corrected chi connectivity index (χ4v) is 7.20. The van der Waals surface area contributed by atoms with Crippen LogP contribution in [0.25, 0.3) is 0 Å². The molecule has 0 radical (unpaired) electrons. The zero-order valence-electron chi connectivity index (χ0n) is 22.2. The summed E-state index contributed by atoms with van der Waals surface area (Å²) in [6.45, 7) is 3.85. The number of hydrazine groups is 1. The van der Waals surface area contributed by atoms with E-state index in [-0.39, 0.29) is 11.5 Å². The van der Waals surface area contributed by atoms with Crippen LogP contribution in [0.2, 0.25) is 0 Å². The number of benzene rings is 2. The number of aliphatic hydroxyl groups excluding tert-OH is 1. The van der Waals surface area contributed by atoms with Gasteiger partial charge in [-0.05, 0) is 74.6 Å². The van der Waals surface area contributed by atoms with Crippen molar-refractivity contribution in [2.75, 3.05) is 6.54 Å². The minimum atomic E-state index is -0.370. The number of nitrogens with zero attached hydrogens (tertiary/aromatic N) is 1. The molecule has 0 aromatic heterocycles. The van der Waals surface area contributed by atoms with E-state index in [9.17, 15) is 5.11 Å². The summed E-state index contributed by atoms with van der Waals surface area (Å²) in [6.07, 6.45) is 11.4. The molecule has 1 aliphatic heterocycles. The maximum Gasteiger partial charge on any atom is 0.124 e. The number of rotatable bonds is 6. The quantitative estimate of drug-likeness (QED) is 0.463. The predicted octanol–water partition coefficient (Wildman–Crippen LogP) is 6.64. The first-order chi connectivity index (χ1) is 18.6. The van der Waals surface area contributed by atoms with Gasteiger partial charge in [-0.15, -0.1) is 0 Å². The molecule has 2 aromatic rings. The summed E-state index contributed by atoms with van der Waals surface area (Å²) < 4.78 is 6.61. The Kier molecular flexibility index (Phi) is 5.81. The Morgan fingerprint density at radius 3 is 2.61 bits per heavy atom. The van der Waals surface area contributed by atoms with E-state index in [1.54, 1.807) is 0 Å². The van der Waals surface area contributed by atoms with Crippen molar-refractivity contribution in [3.8, 4) is 0 Å². The van der Waals surface area contributed by atoms with Crippen LogP contribution in [-0.4, -0.2) is 22.8 Å². The maximum absolute atomic E-state index is 10.9. The Morgan fingerprint density at radius 1 is 1.05 bits per heavy atom. The summed E-state index contributed by atoms with van der Waals surface area (Å²) >= 11 is 0. The van der Waals surface area contributed by atoms with Gasteiger partial charge in [0, 0.05) is 28.7 Å². The zero-order valence-corrected chi connectivity index (χ0v) is 22.2. The normalized spacial score (nSPS) is 25.8. The van der Waals surface area contributed by atoms with E-state index in [1.807, 2.05) is 0 Å². The van der Waals surface area contributed by atoms with Crippen molar-refractivity contribution in [3.63, 3.8) is 0 Å². The smallest absolute Gasteiger partial charge is 0.124 e. The van der Waals surface area contributed by atoms with Gasteiger partial charge in [0.15, 0.2) is 0 Å². The molecule has 0 saturated carbocycles. The van der Waals surface area contributed by atoms with Crippen molar-refractivity contribution >= 4 is 0 Å². The van der Waals surface area contributed by atoms with E-state index in [2.05, 4.69) is 90.2 Å². The maximum atomic E-state index is 10.9. The monoisotopic (exact) mass is 504 g/mol. The summed E-state index contributed by atoms with van der Waals surface area (Å²) in [5, 5.41) is 13.3. The molecule has 2 unspecified atom stereocenters. The van der Waals surface area contributed by atoms with E-state index in [0.29, 0.717) is 6.61 Å². The van der Waals surface area contributed by atoms with Crippen LogP contribution in [0, 0.1) is 5.41 Å². The number of hydrogen-bond acceptors (Lipinski definition) is 4. The standard InChI is InChI=1S/C34H36N2O2/c1-34-18-9-8-14-28(34)30(38-22-24-12-6-3-7-13-24)21-27-26-20-25-15-16-29(37)31(25)32(26)35-36(33(27)34)19-17-23-10-4-2-5-11-23/h2-7,10-14,21,29,35,37H,8-9,15-20,22H2,1H3. The van der Waals surface area contributed by atoms with Crippen molar-refractivity contribution in [3.05, 3.63) is 129 Å². The molecule has 194 valence electrons. The van der Waals surface area contributed by atoms with Gasteiger partial charge in [-0.3, -0.25) is 10.4 Å². The van der Waals surface area contributed by atoms with Crippen molar-refractivity contribution in [2.24, 2.45) is 5.41 Å². The minimum absolute atomic E-state index is 0.123. The van der Waals surface area contributed by atoms with E-state index in [1.165, 1.54) is 45.5 Å². The molecule has 0 fully saturated rings. The molecule has 2 atom stereocenters. The van der Waals surface area contributed by atoms with Crippen LogP contribution in [0.5, 0.6) is 0 Å². The highest BCUT2D eigenvalue weighted by Crippen LogP contribution is 2.57. The van der Waals surface area contributed by atoms with Crippen molar-refractivity contribution in [1.29, 1.82) is 0 Å². The SMILES string of the molecule is CC12CCCC=C1C(OCc1ccccc1)=CC1=C2N(CCc2ccccc2)NC2=C1CC1=C2C(O)CC1. The topological polar surface area (TPSA) is 44.7 Å². The first-order valence-electron chi connectivity index (χ1n) is 14.2. The van der Waals surface area contributed by atoms with Gasteiger partial charge in [0.25, 0.3) is 0 Å². The average Bonchev–Trinajstić information content (AvgIpc) is 3.50. The van der Waals surface area contributed by atoms with Crippen molar-refractivity contribution in [1.82, 2.24) is 10.4 Å². The molecular formula is C34H36N2O2. The first kappa shape index (κ1) is 23.6. The molecule has 2 aromatic carbocycles. The number of aliphatic hydroxyl groups is 1. The molecule has 1 heterocycles. The Bertz CT molecular complexity index is 1410. The highest BCUT2D eigenvalue weighted by Gasteiger charge is 2.48. The van der Waals surface area contributed by atoms with Crippen LogP contribution in [0.3, 0.4) is 0 Å². The number of nitrogens with one attached hydrogen (secondary N) is 1. The Morgan fingerprint density at radius 2 is 1.82 bits per heavy atom. The molecule has 7 rings (SSSR count). The molecule has 4 heteroatoms. The molecule has 2 N–H and O–H groups in total. The third-order valence-corrected chi connectivity index (χ3v) is 9.08. The summed E-state index contributed by atoms with van der Waals surface area (Å²) in [7, 11) is 0. The van der Waals surface area contributed by atoms with Gasteiger partial charge in [-0.1, -0.05) is 72.3 Å². The van der Waals surface area contributed by atoms with Gasteiger partial charge in [0.05, 0.1) is 17.5 Å². The molecule has 0 spiro atoms. The van der Waals surface area contributed by atoms with Gasteiger partial charge < -0.3 is 9.84 Å². The lowest BCUT2D eigenvalue weighted by Gasteiger charge is -2.49. The van der Waals surface area contributed by atoms with Crippen LogP contribution < -0.4 is 5.43 Å². The number of allylic oxidation sites excluding steroid dienone is 7. The molecule has 4 aliphatic carbocycles. The minimum Gasteiger partial charge on any atom is -0.489 e. The van der Waals surface area contributed by atoms with Crippen LogP contribution in [0.15, 0.2) is 118 Å². The van der Waals surface area contributed by atoms with Gasteiger partial charge in [-0.2, -0.15) is 0 Å². The molecule has 0 bridgehead atoms. The third-order valence-electron chi connectivity index (χ3n) is 9.08. The van der Waals surface area contributed by atoms with E-state index >= 15 is 0 Å². The second-order valence-electron chi connectivity index (χ2n) is 11.5. The Hall–Kier alpha value is -3.50. The average molecular weight is 505 g/mol. The number of ether oxygens (including phenoxy) is 1. The van der Waals surface area contributed by atoms with Crippen LogP contribution >= 0.6 is 0 Å². The number of fused-ring (bicyclic) bond motifs is 4. The fraction of sp³-hybridized carbons (Fsp3) is 0.353. The van der Waals surface area contributed by atoms with Crippen LogP contribution in [-0.2, 0) is 17.8 Å². The summed E-state index contributed by atoms with van der Waals surface area (Å²) in [6, 6.07) is 21.2. The predicted molar refractivity (Wildman–Crippen MR) is 150 cm³/mol.